The molecule has 4 nitrogen and oxygen atoms in total. The highest BCUT2D eigenvalue weighted by molar-refractivity contribution is 6.30. The highest BCUT2D eigenvalue weighted by Gasteiger charge is 2.28. The maximum atomic E-state index is 11.5. The van der Waals surface area contributed by atoms with Crippen LogP contribution in [0.2, 0.25) is 0 Å². The standard InChI is InChI=1S/C11H13N3O/c1-11(2,10(15)8-13-12)14-9-6-4-3-5-7-9/h3-8,14H,1-2H3. The number of benzene rings is 1. The largest absolute Gasteiger partial charge is 0.373 e. The molecule has 0 radical (unpaired) electrons. The molecule has 1 rings (SSSR count). The molecule has 0 spiro atoms. The Morgan fingerprint density at radius 3 is 2.53 bits per heavy atom. The van der Waals surface area contributed by atoms with Gasteiger partial charge >= 0.3 is 6.21 Å². The first-order chi connectivity index (χ1) is 7.06. The van der Waals surface area contributed by atoms with Crippen molar-refractivity contribution < 1.29 is 9.58 Å². The lowest BCUT2D eigenvalue weighted by atomic mass is 9.99. The van der Waals surface area contributed by atoms with E-state index in [2.05, 4.69) is 10.1 Å². The number of para-hydroxylation sites is 1. The van der Waals surface area contributed by atoms with E-state index in [9.17, 15) is 4.79 Å². The van der Waals surface area contributed by atoms with E-state index >= 15 is 0 Å². The molecule has 15 heavy (non-hydrogen) atoms. The molecule has 1 aromatic carbocycles. The van der Waals surface area contributed by atoms with E-state index in [1.807, 2.05) is 30.3 Å². The van der Waals surface area contributed by atoms with Crippen LogP contribution in [-0.2, 0) is 4.79 Å². The Morgan fingerprint density at radius 1 is 1.40 bits per heavy atom. The first-order valence-electron chi connectivity index (χ1n) is 4.61. The number of nitrogens with one attached hydrogen (secondary N) is 1. The van der Waals surface area contributed by atoms with E-state index in [-0.39, 0.29) is 5.78 Å². The van der Waals surface area contributed by atoms with Gasteiger partial charge in [0.05, 0.1) is 0 Å². The Balaban J connectivity index is 2.81. The van der Waals surface area contributed by atoms with Crippen molar-refractivity contribution in [3.8, 4) is 0 Å². The third kappa shape index (κ3) is 3.04. The van der Waals surface area contributed by atoms with Crippen LogP contribution in [-0.4, -0.2) is 22.3 Å². The van der Waals surface area contributed by atoms with Gasteiger partial charge in [0.1, 0.15) is 5.54 Å². The van der Waals surface area contributed by atoms with Crippen molar-refractivity contribution in [3.63, 3.8) is 0 Å². The number of hydrogen-bond acceptors (Lipinski definition) is 2. The molecule has 0 saturated heterocycles. The molecule has 1 N–H and O–H groups in total. The van der Waals surface area contributed by atoms with Crippen LogP contribution in [0.25, 0.3) is 5.53 Å². The average Bonchev–Trinajstić information content (AvgIpc) is 2.19. The monoisotopic (exact) mass is 203 g/mol. The maximum Gasteiger partial charge on any atom is 0.325 e. The normalized spacial score (nSPS) is 10.3. The van der Waals surface area contributed by atoms with E-state index < -0.39 is 5.54 Å². The topological polar surface area (TPSA) is 65.5 Å². The van der Waals surface area contributed by atoms with Crippen LogP contribution in [0.1, 0.15) is 13.8 Å². The Kier molecular flexibility index (Phi) is 3.37. The van der Waals surface area contributed by atoms with Crippen molar-refractivity contribution in [2.24, 2.45) is 0 Å². The number of carbonyl (C=O) groups is 1. The predicted octanol–water partition coefficient (Wildman–Crippen LogP) is 1.75. The summed E-state index contributed by atoms with van der Waals surface area (Å²) >= 11 is 0. The molecule has 1 aromatic rings. The Labute approximate surface area is 88.5 Å². The molecular formula is C11H13N3O. The summed E-state index contributed by atoms with van der Waals surface area (Å²) in [5.74, 6) is -0.283. The highest BCUT2D eigenvalue weighted by atomic mass is 16.1. The third-order valence-electron chi connectivity index (χ3n) is 2.02. The minimum Gasteiger partial charge on any atom is -0.373 e. The lowest BCUT2D eigenvalue weighted by molar-refractivity contribution is -0.119. The van der Waals surface area contributed by atoms with Crippen molar-refractivity contribution in [3.05, 3.63) is 35.9 Å². The molecular weight excluding hydrogens is 190 g/mol. The van der Waals surface area contributed by atoms with E-state index in [4.69, 9.17) is 5.53 Å². The predicted molar refractivity (Wildman–Crippen MR) is 58.8 cm³/mol. The maximum absolute atomic E-state index is 11.5. The molecule has 0 amide bonds. The summed E-state index contributed by atoms with van der Waals surface area (Å²) in [6.45, 7) is 3.45. The smallest absolute Gasteiger partial charge is 0.325 e. The molecule has 0 atom stereocenters. The summed E-state index contributed by atoms with van der Waals surface area (Å²) in [4.78, 5) is 14.2. The molecule has 0 aliphatic rings. The molecule has 0 heterocycles. The first kappa shape index (κ1) is 11.1. The van der Waals surface area contributed by atoms with E-state index in [0.29, 0.717) is 0 Å². The summed E-state index contributed by atoms with van der Waals surface area (Å²) in [7, 11) is 0. The molecule has 0 fully saturated rings. The Hall–Kier alpha value is -1.93. The van der Waals surface area contributed by atoms with Gasteiger partial charge in [-0.15, -0.1) is 0 Å². The van der Waals surface area contributed by atoms with Crippen LogP contribution < -0.4 is 5.32 Å². The summed E-state index contributed by atoms with van der Waals surface area (Å²) < 4.78 is 0. The van der Waals surface area contributed by atoms with Gasteiger partial charge in [0.25, 0.3) is 5.78 Å². The van der Waals surface area contributed by atoms with Gasteiger partial charge in [-0.1, -0.05) is 18.2 Å². The van der Waals surface area contributed by atoms with Crippen LogP contribution in [0.5, 0.6) is 0 Å². The molecule has 0 aliphatic heterocycles. The zero-order valence-corrected chi connectivity index (χ0v) is 8.77. The first-order valence-corrected chi connectivity index (χ1v) is 4.61. The van der Waals surface area contributed by atoms with Crippen molar-refractivity contribution in [1.82, 2.24) is 0 Å². The van der Waals surface area contributed by atoms with Crippen molar-refractivity contribution in [2.45, 2.75) is 19.4 Å². The van der Waals surface area contributed by atoms with Crippen LogP contribution in [0.15, 0.2) is 30.3 Å². The Bertz CT molecular complexity index is 392. The van der Waals surface area contributed by atoms with E-state index in [0.717, 1.165) is 11.9 Å². The van der Waals surface area contributed by atoms with Gasteiger partial charge in [0.15, 0.2) is 0 Å². The van der Waals surface area contributed by atoms with Gasteiger partial charge in [-0.25, -0.2) is 0 Å². The second-order valence-electron chi connectivity index (χ2n) is 3.72. The van der Waals surface area contributed by atoms with Crippen molar-refractivity contribution in [2.75, 3.05) is 5.32 Å². The van der Waals surface area contributed by atoms with E-state index in [1.54, 1.807) is 13.8 Å². The van der Waals surface area contributed by atoms with Gasteiger partial charge in [-0.2, -0.15) is 4.79 Å². The average molecular weight is 203 g/mol. The fraction of sp³-hybridized carbons (Fsp3) is 0.273. The fourth-order valence-electron chi connectivity index (χ4n) is 1.16. The molecule has 0 unspecified atom stereocenters. The van der Waals surface area contributed by atoms with Gasteiger partial charge < -0.3 is 10.8 Å². The molecule has 0 aromatic heterocycles. The van der Waals surface area contributed by atoms with Crippen LogP contribution in [0.3, 0.4) is 0 Å². The van der Waals surface area contributed by atoms with E-state index in [1.165, 1.54) is 0 Å². The second-order valence-corrected chi connectivity index (χ2v) is 3.72. The van der Waals surface area contributed by atoms with Gasteiger partial charge in [-0.05, 0) is 26.0 Å². The van der Waals surface area contributed by atoms with Gasteiger partial charge in [0, 0.05) is 5.69 Å². The molecule has 0 aliphatic carbocycles. The lowest BCUT2D eigenvalue weighted by Crippen LogP contribution is -2.41. The van der Waals surface area contributed by atoms with Gasteiger partial charge in [-0.3, -0.25) is 4.79 Å². The molecule has 0 bridgehead atoms. The van der Waals surface area contributed by atoms with Crippen molar-refractivity contribution >= 4 is 17.7 Å². The summed E-state index contributed by atoms with van der Waals surface area (Å²) in [5, 5.41) is 3.05. The number of ketones is 1. The number of nitrogens with zero attached hydrogens (tertiary/aromatic N) is 2. The fourth-order valence-corrected chi connectivity index (χ4v) is 1.16. The third-order valence-corrected chi connectivity index (χ3v) is 2.02. The Morgan fingerprint density at radius 2 is 2.00 bits per heavy atom. The zero-order valence-electron chi connectivity index (χ0n) is 8.77. The minimum atomic E-state index is -0.784. The molecule has 4 heteroatoms. The SMILES string of the molecule is CC(C)(Nc1ccccc1)C(=O)C=[N+]=[N-]. The minimum absolute atomic E-state index is 0.283. The highest BCUT2D eigenvalue weighted by Crippen LogP contribution is 2.14. The van der Waals surface area contributed by atoms with Crippen LogP contribution in [0, 0.1) is 0 Å². The number of hydrogen-bond donors (Lipinski definition) is 1. The molecule has 78 valence electrons. The second kappa shape index (κ2) is 4.53. The number of Topliss-reactive ketones (excluding diaryl/α,β-unsaturated/α-hetero) is 1. The van der Waals surface area contributed by atoms with Crippen LogP contribution >= 0.6 is 0 Å². The molecule has 0 saturated carbocycles. The summed E-state index contributed by atoms with van der Waals surface area (Å²) in [5.41, 5.74) is 8.35. The van der Waals surface area contributed by atoms with Crippen LogP contribution in [0.4, 0.5) is 5.69 Å². The summed E-state index contributed by atoms with van der Waals surface area (Å²) in [6.07, 6.45) is 0.899. The quantitative estimate of drug-likeness (QED) is 0.460. The number of anilines is 1. The lowest BCUT2D eigenvalue weighted by Gasteiger charge is -2.22. The zero-order chi connectivity index (χ0) is 11.3. The van der Waals surface area contributed by atoms with Crippen molar-refractivity contribution in [1.29, 1.82) is 0 Å². The number of rotatable bonds is 4. The number of carbonyl (C=O) groups excluding carboxylic acids is 1. The summed E-state index contributed by atoms with van der Waals surface area (Å²) in [6, 6.07) is 9.39. The van der Waals surface area contributed by atoms with Gasteiger partial charge in [0.2, 0.25) is 0 Å².